The number of aromatic nitrogens is 1. The van der Waals surface area contributed by atoms with Gasteiger partial charge in [-0.1, -0.05) is 17.7 Å². The Morgan fingerprint density at radius 2 is 2.14 bits per heavy atom. The van der Waals surface area contributed by atoms with Crippen molar-refractivity contribution in [2.45, 2.75) is 38.8 Å². The van der Waals surface area contributed by atoms with E-state index in [2.05, 4.69) is 25.2 Å². The van der Waals surface area contributed by atoms with Gasteiger partial charge in [0.25, 0.3) is 0 Å². The summed E-state index contributed by atoms with van der Waals surface area (Å²) >= 11 is 8.03. The average molecular weight is 323 g/mol. The highest BCUT2D eigenvalue weighted by atomic mass is 35.5. The van der Waals surface area contributed by atoms with Gasteiger partial charge < -0.3 is 10.1 Å². The highest BCUT2D eigenvalue weighted by molar-refractivity contribution is 7.11. The second-order valence-electron chi connectivity index (χ2n) is 5.46. The zero-order valence-corrected chi connectivity index (χ0v) is 14.0. The van der Waals surface area contributed by atoms with E-state index in [1.165, 1.54) is 17.7 Å². The Bertz CT molecular complexity index is 632. The topological polar surface area (TPSA) is 34.1 Å². The molecule has 0 amide bonds. The zero-order valence-electron chi connectivity index (χ0n) is 12.4. The molecule has 0 radical (unpaired) electrons. The fraction of sp³-hybridized carbons (Fsp3) is 0.438. The van der Waals surface area contributed by atoms with Crippen LogP contribution in [-0.4, -0.2) is 18.1 Å². The number of halogens is 1. The molecule has 1 atom stereocenters. The smallest absolute Gasteiger partial charge is 0.137 e. The molecule has 5 heteroatoms. The van der Waals surface area contributed by atoms with Gasteiger partial charge in [-0.3, -0.25) is 0 Å². The molecule has 1 fully saturated rings. The first-order chi connectivity index (χ1) is 10.1. The molecule has 2 aromatic rings. The second-order valence-corrected chi connectivity index (χ2v) is 7.10. The van der Waals surface area contributed by atoms with Gasteiger partial charge in [0, 0.05) is 10.9 Å². The van der Waals surface area contributed by atoms with Gasteiger partial charge in [-0.15, -0.1) is 11.3 Å². The molecule has 0 spiro atoms. The minimum Gasteiger partial charge on any atom is -0.495 e. The Labute approximate surface area is 134 Å². The van der Waals surface area contributed by atoms with Crippen LogP contribution in [-0.2, 0) is 0 Å². The Morgan fingerprint density at radius 1 is 1.38 bits per heavy atom. The first-order valence-corrected chi connectivity index (χ1v) is 8.31. The van der Waals surface area contributed by atoms with Gasteiger partial charge in [0.05, 0.1) is 23.9 Å². The Hall–Kier alpha value is -1.10. The standard InChI is InChI=1S/C16H19ClN2OS/c1-9-10(2)21-16(18-9)15(19-12-5-6-12)11-4-7-14(20-3)13(17)8-11/h4,7-8,12,15,19H,5-6H2,1-3H3. The summed E-state index contributed by atoms with van der Waals surface area (Å²) in [6.45, 7) is 4.18. The highest BCUT2D eigenvalue weighted by Gasteiger charge is 2.28. The Balaban J connectivity index is 1.96. The maximum absolute atomic E-state index is 6.28. The van der Waals surface area contributed by atoms with Crippen LogP contribution in [0.5, 0.6) is 5.75 Å². The van der Waals surface area contributed by atoms with Crippen LogP contribution in [0.15, 0.2) is 18.2 Å². The van der Waals surface area contributed by atoms with E-state index in [1.807, 2.05) is 12.1 Å². The van der Waals surface area contributed by atoms with E-state index < -0.39 is 0 Å². The largest absolute Gasteiger partial charge is 0.495 e. The Morgan fingerprint density at radius 3 is 2.67 bits per heavy atom. The summed E-state index contributed by atoms with van der Waals surface area (Å²) in [6.07, 6.45) is 2.48. The molecule has 3 rings (SSSR count). The average Bonchev–Trinajstić information content (AvgIpc) is 3.22. The molecule has 1 saturated carbocycles. The van der Waals surface area contributed by atoms with Gasteiger partial charge in [-0.2, -0.15) is 0 Å². The predicted molar refractivity (Wildman–Crippen MR) is 87.6 cm³/mol. The van der Waals surface area contributed by atoms with Crippen molar-refractivity contribution in [2.75, 3.05) is 7.11 Å². The van der Waals surface area contributed by atoms with Crippen LogP contribution in [0.4, 0.5) is 0 Å². The van der Waals surface area contributed by atoms with E-state index in [0.717, 1.165) is 16.3 Å². The van der Waals surface area contributed by atoms with Crippen molar-refractivity contribution < 1.29 is 4.74 Å². The molecule has 0 saturated heterocycles. The number of benzene rings is 1. The molecule has 1 aromatic carbocycles. The zero-order chi connectivity index (χ0) is 15.0. The Kier molecular flexibility index (Phi) is 4.20. The monoisotopic (exact) mass is 322 g/mol. The molecular weight excluding hydrogens is 304 g/mol. The van der Waals surface area contributed by atoms with E-state index in [1.54, 1.807) is 18.4 Å². The molecule has 1 aromatic heterocycles. The highest BCUT2D eigenvalue weighted by Crippen LogP contribution is 2.35. The van der Waals surface area contributed by atoms with Crippen LogP contribution in [0.2, 0.25) is 5.02 Å². The van der Waals surface area contributed by atoms with Gasteiger partial charge in [0.2, 0.25) is 0 Å². The van der Waals surface area contributed by atoms with E-state index in [-0.39, 0.29) is 6.04 Å². The van der Waals surface area contributed by atoms with E-state index in [4.69, 9.17) is 21.3 Å². The third kappa shape index (κ3) is 3.23. The lowest BCUT2D eigenvalue weighted by Gasteiger charge is -2.17. The summed E-state index contributed by atoms with van der Waals surface area (Å²) in [7, 11) is 1.63. The summed E-state index contributed by atoms with van der Waals surface area (Å²) in [5, 5.41) is 5.43. The first-order valence-electron chi connectivity index (χ1n) is 7.12. The first kappa shape index (κ1) is 14.8. The fourth-order valence-corrected chi connectivity index (χ4v) is 3.56. The minimum atomic E-state index is 0.110. The molecular formula is C16H19ClN2OS. The molecule has 21 heavy (non-hydrogen) atoms. The lowest BCUT2D eigenvalue weighted by Crippen LogP contribution is -2.24. The van der Waals surface area contributed by atoms with Crippen molar-refractivity contribution in [3.63, 3.8) is 0 Å². The number of thiazole rings is 1. The molecule has 1 unspecified atom stereocenters. The van der Waals surface area contributed by atoms with Gasteiger partial charge in [-0.05, 0) is 44.4 Å². The van der Waals surface area contributed by atoms with Gasteiger partial charge in [0.15, 0.2) is 0 Å². The number of methoxy groups -OCH3 is 1. The minimum absolute atomic E-state index is 0.110. The summed E-state index contributed by atoms with van der Waals surface area (Å²) < 4.78 is 5.24. The molecule has 3 nitrogen and oxygen atoms in total. The van der Waals surface area contributed by atoms with E-state index in [9.17, 15) is 0 Å². The van der Waals surface area contributed by atoms with Crippen molar-refractivity contribution in [1.29, 1.82) is 0 Å². The van der Waals surface area contributed by atoms with Crippen LogP contribution in [0, 0.1) is 13.8 Å². The summed E-state index contributed by atoms with van der Waals surface area (Å²) in [5.74, 6) is 0.706. The summed E-state index contributed by atoms with van der Waals surface area (Å²) in [6, 6.07) is 6.68. The van der Waals surface area contributed by atoms with Gasteiger partial charge in [0.1, 0.15) is 10.8 Å². The van der Waals surface area contributed by atoms with Crippen LogP contribution in [0.1, 0.15) is 40.0 Å². The third-order valence-electron chi connectivity index (χ3n) is 3.78. The van der Waals surface area contributed by atoms with Crippen LogP contribution in [0.3, 0.4) is 0 Å². The number of nitrogens with one attached hydrogen (secondary N) is 1. The van der Waals surface area contributed by atoms with Crippen LogP contribution >= 0.6 is 22.9 Å². The van der Waals surface area contributed by atoms with Crippen LogP contribution in [0.25, 0.3) is 0 Å². The number of nitrogens with zero attached hydrogens (tertiary/aromatic N) is 1. The molecule has 1 aliphatic carbocycles. The molecule has 1 heterocycles. The normalized spacial score (nSPS) is 16.0. The van der Waals surface area contributed by atoms with Crippen molar-refractivity contribution in [3.8, 4) is 5.75 Å². The van der Waals surface area contributed by atoms with Crippen molar-refractivity contribution >= 4 is 22.9 Å². The van der Waals surface area contributed by atoms with Crippen LogP contribution < -0.4 is 10.1 Å². The van der Waals surface area contributed by atoms with Gasteiger partial charge in [-0.25, -0.2) is 4.98 Å². The number of ether oxygens (including phenoxy) is 1. The SMILES string of the molecule is COc1ccc(C(NC2CC2)c2nc(C)c(C)s2)cc1Cl. The van der Waals surface area contributed by atoms with Crippen molar-refractivity contribution in [2.24, 2.45) is 0 Å². The van der Waals surface area contributed by atoms with E-state index in [0.29, 0.717) is 16.8 Å². The third-order valence-corrected chi connectivity index (χ3v) is 5.21. The fourth-order valence-electron chi connectivity index (χ4n) is 2.28. The lowest BCUT2D eigenvalue weighted by molar-refractivity contribution is 0.414. The maximum atomic E-state index is 6.28. The number of hydrogen-bond donors (Lipinski definition) is 1. The van der Waals surface area contributed by atoms with E-state index >= 15 is 0 Å². The number of aryl methyl sites for hydroxylation is 2. The molecule has 0 aliphatic heterocycles. The molecule has 0 bridgehead atoms. The summed E-state index contributed by atoms with van der Waals surface area (Å²) in [4.78, 5) is 5.99. The summed E-state index contributed by atoms with van der Waals surface area (Å²) in [5.41, 5.74) is 2.25. The molecule has 1 N–H and O–H groups in total. The number of rotatable bonds is 5. The molecule has 112 valence electrons. The van der Waals surface area contributed by atoms with Gasteiger partial charge >= 0.3 is 0 Å². The maximum Gasteiger partial charge on any atom is 0.137 e. The van der Waals surface area contributed by atoms with Crippen molar-refractivity contribution in [1.82, 2.24) is 10.3 Å². The predicted octanol–water partition coefficient (Wildman–Crippen LogP) is 4.26. The quantitative estimate of drug-likeness (QED) is 0.893. The second kappa shape index (κ2) is 5.95. The lowest BCUT2D eigenvalue weighted by atomic mass is 10.1. The molecule has 1 aliphatic rings. The van der Waals surface area contributed by atoms with Crippen molar-refractivity contribution in [3.05, 3.63) is 44.4 Å². The number of hydrogen-bond acceptors (Lipinski definition) is 4.